The Kier molecular flexibility index (Phi) is 4.73. The van der Waals surface area contributed by atoms with Crippen LogP contribution in [-0.2, 0) is 0 Å². The van der Waals surface area contributed by atoms with Crippen LogP contribution in [0.4, 0.5) is 5.82 Å². The van der Waals surface area contributed by atoms with Crippen LogP contribution >= 0.6 is 11.6 Å². The number of hydrogen-bond donors (Lipinski definition) is 1. The van der Waals surface area contributed by atoms with Gasteiger partial charge < -0.3 is 10.5 Å². The normalized spacial score (nSPS) is 11.4. The minimum absolute atomic E-state index is 0.266. The van der Waals surface area contributed by atoms with Crippen LogP contribution in [0.25, 0.3) is 11.1 Å². The third-order valence-electron chi connectivity index (χ3n) is 3.14. The van der Waals surface area contributed by atoms with Crippen LogP contribution in [0.3, 0.4) is 0 Å². The predicted molar refractivity (Wildman–Crippen MR) is 88.7 cm³/mol. The summed E-state index contributed by atoms with van der Waals surface area (Å²) in [5, 5.41) is 0.404. The molecule has 21 heavy (non-hydrogen) atoms. The SMILES string of the molecule is CC(C)(C)CCOc1cccc(-c2ccc(N)nc2Cl)c1. The van der Waals surface area contributed by atoms with E-state index in [4.69, 9.17) is 22.1 Å². The zero-order valence-corrected chi connectivity index (χ0v) is 13.4. The lowest BCUT2D eigenvalue weighted by Gasteiger charge is -2.18. The van der Waals surface area contributed by atoms with Gasteiger partial charge >= 0.3 is 0 Å². The Morgan fingerprint density at radius 3 is 2.62 bits per heavy atom. The van der Waals surface area contributed by atoms with E-state index in [2.05, 4.69) is 25.8 Å². The summed E-state index contributed by atoms with van der Waals surface area (Å²) in [6.07, 6.45) is 1.00. The van der Waals surface area contributed by atoms with Crippen LogP contribution in [0, 0.1) is 5.41 Å². The number of benzene rings is 1. The van der Waals surface area contributed by atoms with E-state index in [-0.39, 0.29) is 5.41 Å². The lowest BCUT2D eigenvalue weighted by molar-refractivity contribution is 0.243. The number of aromatic nitrogens is 1. The molecular formula is C17H21ClN2O. The highest BCUT2D eigenvalue weighted by Gasteiger charge is 2.10. The Labute approximate surface area is 131 Å². The van der Waals surface area contributed by atoms with Gasteiger partial charge in [0.2, 0.25) is 0 Å². The summed E-state index contributed by atoms with van der Waals surface area (Å²) >= 11 is 6.15. The van der Waals surface area contributed by atoms with E-state index in [0.717, 1.165) is 23.3 Å². The molecule has 2 N–H and O–H groups in total. The molecule has 0 radical (unpaired) electrons. The molecule has 0 amide bonds. The molecule has 0 aliphatic carbocycles. The van der Waals surface area contributed by atoms with E-state index in [1.807, 2.05) is 30.3 Å². The van der Waals surface area contributed by atoms with Gasteiger partial charge in [-0.25, -0.2) is 4.98 Å². The number of hydrogen-bond acceptors (Lipinski definition) is 3. The molecule has 0 spiro atoms. The van der Waals surface area contributed by atoms with E-state index in [1.54, 1.807) is 6.07 Å². The second kappa shape index (κ2) is 6.35. The lowest BCUT2D eigenvalue weighted by Crippen LogP contribution is -2.11. The minimum atomic E-state index is 0.266. The van der Waals surface area contributed by atoms with Crippen molar-refractivity contribution in [2.45, 2.75) is 27.2 Å². The molecule has 0 bridgehead atoms. The molecule has 2 rings (SSSR count). The smallest absolute Gasteiger partial charge is 0.139 e. The Morgan fingerprint density at radius 1 is 1.19 bits per heavy atom. The molecule has 0 aliphatic rings. The molecule has 2 aromatic rings. The third kappa shape index (κ3) is 4.64. The molecule has 0 fully saturated rings. The summed E-state index contributed by atoms with van der Waals surface area (Å²) in [5.41, 5.74) is 7.71. The van der Waals surface area contributed by atoms with Crippen molar-refractivity contribution in [3.05, 3.63) is 41.6 Å². The van der Waals surface area contributed by atoms with Gasteiger partial charge in [-0.2, -0.15) is 0 Å². The van der Waals surface area contributed by atoms with Crippen LogP contribution in [0.2, 0.25) is 5.15 Å². The Morgan fingerprint density at radius 2 is 1.95 bits per heavy atom. The molecule has 112 valence electrons. The van der Waals surface area contributed by atoms with Gasteiger partial charge in [0.15, 0.2) is 0 Å². The molecular weight excluding hydrogens is 284 g/mol. The van der Waals surface area contributed by atoms with Crippen molar-refractivity contribution in [2.75, 3.05) is 12.3 Å². The van der Waals surface area contributed by atoms with Gasteiger partial charge in [0, 0.05) is 5.56 Å². The second-order valence-corrected chi connectivity index (χ2v) is 6.62. The number of anilines is 1. The van der Waals surface area contributed by atoms with E-state index >= 15 is 0 Å². The molecule has 0 unspecified atom stereocenters. The van der Waals surface area contributed by atoms with Gasteiger partial charge in [-0.05, 0) is 41.7 Å². The first-order valence-electron chi connectivity index (χ1n) is 7.00. The summed E-state index contributed by atoms with van der Waals surface area (Å²) in [6, 6.07) is 11.5. The van der Waals surface area contributed by atoms with Crippen LogP contribution in [0.1, 0.15) is 27.2 Å². The summed E-state index contributed by atoms with van der Waals surface area (Å²) in [6.45, 7) is 7.30. The molecule has 0 saturated carbocycles. The summed E-state index contributed by atoms with van der Waals surface area (Å²) < 4.78 is 5.82. The molecule has 0 saturated heterocycles. The monoisotopic (exact) mass is 304 g/mol. The standard InChI is InChI=1S/C17H21ClN2O/c1-17(2,3)9-10-21-13-6-4-5-12(11-13)14-7-8-15(19)20-16(14)18/h4-8,11H,9-10H2,1-3H3,(H2,19,20). The number of nitrogens with zero attached hydrogens (tertiary/aromatic N) is 1. The summed E-state index contributed by atoms with van der Waals surface area (Å²) in [7, 11) is 0. The van der Waals surface area contributed by atoms with Crippen molar-refractivity contribution in [3.8, 4) is 16.9 Å². The Balaban J connectivity index is 2.14. The fraction of sp³-hybridized carbons (Fsp3) is 0.353. The van der Waals surface area contributed by atoms with Gasteiger partial charge in [-0.1, -0.05) is 44.5 Å². The first-order chi connectivity index (χ1) is 9.85. The van der Waals surface area contributed by atoms with Crippen LogP contribution in [0.5, 0.6) is 5.75 Å². The number of halogens is 1. The van der Waals surface area contributed by atoms with E-state index in [0.29, 0.717) is 17.6 Å². The van der Waals surface area contributed by atoms with Crippen molar-refractivity contribution in [1.29, 1.82) is 0 Å². The number of nitrogens with two attached hydrogens (primary N) is 1. The van der Waals surface area contributed by atoms with Gasteiger partial charge in [-0.3, -0.25) is 0 Å². The zero-order chi connectivity index (χ0) is 15.5. The quantitative estimate of drug-likeness (QED) is 0.825. The van der Waals surface area contributed by atoms with Crippen molar-refractivity contribution < 1.29 is 4.74 Å². The van der Waals surface area contributed by atoms with E-state index < -0.39 is 0 Å². The largest absolute Gasteiger partial charge is 0.494 e. The van der Waals surface area contributed by atoms with Gasteiger partial charge in [0.25, 0.3) is 0 Å². The molecule has 4 heteroatoms. The second-order valence-electron chi connectivity index (χ2n) is 6.26. The van der Waals surface area contributed by atoms with Crippen LogP contribution in [0.15, 0.2) is 36.4 Å². The van der Waals surface area contributed by atoms with Crippen molar-refractivity contribution in [3.63, 3.8) is 0 Å². The molecule has 1 heterocycles. The lowest BCUT2D eigenvalue weighted by atomic mass is 9.93. The van der Waals surface area contributed by atoms with E-state index in [1.165, 1.54) is 0 Å². The highest BCUT2D eigenvalue weighted by Crippen LogP contribution is 2.30. The van der Waals surface area contributed by atoms with Crippen molar-refractivity contribution in [1.82, 2.24) is 4.98 Å². The fourth-order valence-corrected chi connectivity index (χ4v) is 2.16. The molecule has 3 nitrogen and oxygen atoms in total. The predicted octanol–water partition coefficient (Wildman–Crippen LogP) is 4.80. The highest BCUT2D eigenvalue weighted by atomic mass is 35.5. The maximum Gasteiger partial charge on any atom is 0.139 e. The van der Waals surface area contributed by atoms with Gasteiger partial charge in [-0.15, -0.1) is 0 Å². The Hall–Kier alpha value is -1.74. The van der Waals surface area contributed by atoms with Crippen LogP contribution < -0.4 is 10.5 Å². The first-order valence-corrected chi connectivity index (χ1v) is 7.38. The number of ether oxygens (including phenoxy) is 1. The number of rotatable bonds is 4. The van der Waals surface area contributed by atoms with Crippen LogP contribution in [-0.4, -0.2) is 11.6 Å². The third-order valence-corrected chi connectivity index (χ3v) is 3.42. The first kappa shape index (κ1) is 15.6. The molecule has 0 aliphatic heterocycles. The fourth-order valence-electron chi connectivity index (χ4n) is 1.89. The number of pyridine rings is 1. The Bertz CT molecular complexity index is 620. The van der Waals surface area contributed by atoms with Gasteiger partial charge in [0.05, 0.1) is 6.61 Å². The van der Waals surface area contributed by atoms with E-state index in [9.17, 15) is 0 Å². The maximum absolute atomic E-state index is 6.15. The molecule has 1 aromatic carbocycles. The number of nitrogen functional groups attached to an aromatic ring is 1. The van der Waals surface area contributed by atoms with Crippen molar-refractivity contribution in [2.24, 2.45) is 5.41 Å². The highest BCUT2D eigenvalue weighted by molar-refractivity contribution is 6.32. The molecule has 0 atom stereocenters. The summed E-state index contributed by atoms with van der Waals surface area (Å²) in [4.78, 5) is 4.08. The molecule has 1 aromatic heterocycles. The topological polar surface area (TPSA) is 48.1 Å². The zero-order valence-electron chi connectivity index (χ0n) is 12.7. The maximum atomic E-state index is 6.15. The average molecular weight is 305 g/mol. The van der Waals surface area contributed by atoms with Gasteiger partial charge in [0.1, 0.15) is 16.7 Å². The van der Waals surface area contributed by atoms with Crippen molar-refractivity contribution >= 4 is 17.4 Å². The average Bonchev–Trinajstić information content (AvgIpc) is 2.37. The minimum Gasteiger partial charge on any atom is -0.494 e. The summed E-state index contributed by atoms with van der Waals surface area (Å²) in [5.74, 6) is 1.26.